The molecule has 0 bridgehead atoms. The predicted octanol–water partition coefficient (Wildman–Crippen LogP) is 2.22. The van der Waals surface area contributed by atoms with Gasteiger partial charge in [0.2, 0.25) is 10.1 Å². The molecule has 1 aliphatic heterocycles. The molecule has 2 aromatic rings. The maximum absolute atomic E-state index is 11.7. The van der Waals surface area contributed by atoms with Crippen molar-refractivity contribution < 1.29 is 0 Å². The fraction of sp³-hybridized carbons (Fsp3) is 0.688. The maximum Gasteiger partial charge on any atom is 0.275 e. The molecule has 23 heavy (non-hydrogen) atoms. The van der Waals surface area contributed by atoms with Gasteiger partial charge in [-0.2, -0.15) is 4.52 Å². The van der Waals surface area contributed by atoms with Crippen LogP contribution in [-0.4, -0.2) is 45.2 Å². The van der Waals surface area contributed by atoms with Crippen molar-refractivity contribution in [2.75, 3.05) is 25.0 Å². The topological polar surface area (TPSA) is 62.5 Å². The van der Waals surface area contributed by atoms with E-state index in [1.165, 1.54) is 54.1 Å². The summed E-state index contributed by atoms with van der Waals surface area (Å²) in [6, 6.07) is 1.89. The van der Waals surface area contributed by atoms with Crippen LogP contribution in [0.3, 0.4) is 0 Å². The number of nitrogens with zero attached hydrogens (tertiary/aromatic N) is 4. The van der Waals surface area contributed by atoms with Crippen LogP contribution >= 0.6 is 11.3 Å². The zero-order chi connectivity index (χ0) is 15.6. The number of rotatable bonds is 4. The molecule has 0 spiro atoms. The highest BCUT2D eigenvalue weighted by atomic mass is 32.1. The molecule has 0 unspecified atom stereocenters. The van der Waals surface area contributed by atoms with Crippen molar-refractivity contribution in [2.45, 2.75) is 44.6 Å². The van der Waals surface area contributed by atoms with Gasteiger partial charge in [0.1, 0.15) is 0 Å². The first kappa shape index (κ1) is 15.1. The van der Waals surface area contributed by atoms with Crippen LogP contribution in [0.15, 0.2) is 17.1 Å². The molecule has 0 atom stereocenters. The highest BCUT2D eigenvalue weighted by molar-refractivity contribution is 7.20. The zero-order valence-corrected chi connectivity index (χ0v) is 14.1. The molecule has 1 saturated carbocycles. The summed E-state index contributed by atoms with van der Waals surface area (Å²) in [6.07, 6.45) is 9.52. The molecule has 0 amide bonds. The van der Waals surface area contributed by atoms with E-state index in [1.807, 2.05) is 0 Å². The molecule has 2 aromatic heterocycles. The molecule has 2 aliphatic rings. The minimum absolute atomic E-state index is 0.120. The summed E-state index contributed by atoms with van der Waals surface area (Å²) in [6.45, 7) is 3.61. The zero-order valence-electron chi connectivity index (χ0n) is 13.3. The monoisotopic (exact) mass is 333 g/mol. The Bertz CT molecular complexity index is 713. The average Bonchev–Trinajstić information content (AvgIpc) is 3.19. The lowest BCUT2D eigenvalue weighted by atomic mass is 10.0. The quantitative estimate of drug-likeness (QED) is 0.929. The first-order valence-corrected chi connectivity index (χ1v) is 9.43. The summed E-state index contributed by atoms with van der Waals surface area (Å²) in [5.74, 6) is 0.932. The molecular weight excluding hydrogens is 310 g/mol. The molecule has 3 heterocycles. The van der Waals surface area contributed by atoms with E-state index in [0.717, 1.165) is 37.0 Å². The summed E-state index contributed by atoms with van der Waals surface area (Å²) >= 11 is 1.45. The van der Waals surface area contributed by atoms with E-state index >= 15 is 0 Å². The van der Waals surface area contributed by atoms with Gasteiger partial charge in [0, 0.05) is 37.9 Å². The first-order chi connectivity index (χ1) is 11.3. The van der Waals surface area contributed by atoms with Crippen molar-refractivity contribution in [1.29, 1.82) is 0 Å². The third kappa shape index (κ3) is 3.40. The highest BCUT2D eigenvalue weighted by Gasteiger charge is 2.24. The maximum atomic E-state index is 11.7. The molecule has 2 fully saturated rings. The number of fused-ring (bicyclic) bond motifs is 1. The van der Waals surface area contributed by atoms with Gasteiger partial charge in [0.05, 0.1) is 0 Å². The van der Waals surface area contributed by atoms with Crippen LogP contribution < -0.4 is 10.9 Å². The number of hydrogen-bond donors (Lipinski definition) is 1. The van der Waals surface area contributed by atoms with Gasteiger partial charge in [-0.1, -0.05) is 24.2 Å². The van der Waals surface area contributed by atoms with Gasteiger partial charge >= 0.3 is 0 Å². The molecule has 6 nitrogen and oxygen atoms in total. The second-order valence-electron chi connectivity index (χ2n) is 6.75. The van der Waals surface area contributed by atoms with Gasteiger partial charge in [-0.15, -0.1) is 5.10 Å². The van der Waals surface area contributed by atoms with Gasteiger partial charge in [0.15, 0.2) is 0 Å². The van der Waals surface area contributed by atoms with Crippen LogP contribution in [0.1, 0.15) is 38.5 Å². The van der Waals surface area contributed by atoms with Gasteiger partial charge in [-0.3, -0.25) is 4.79 Å². The van der Waals surface area contributed by atoms with Crippen molar-refractivity contribution in [1.82, 2.24) is 19.5 Å². The van der Waals surface area contributed by atoms with Gasteiger partial charge in [-0.25, -0.2) is 4.98 Å². The normalized spacial score (nSPS) is 21.2. The number of piperidine rings is 1. The average molecular weight is 333 g/mol. The molecule has 1 aliphatic carbocycles. The third-order valence-electron chi connectivity index (χ3n) is 5.08. The Kier molecular flexibility index (Phi) is 4.31. The number of likely N-dealkylation sites (tertiary alicyclic amines) is 1. The molecule has 1 N–H and O–H groups in total. The smallest absolute Gasteiger partial charge is 0.275 e. The largest absolute Gasteiger partial charge is 0.357 e. The fourth-order valence-electron chi connectivity index (χ4n) is 3.79. The van der Waals surface area contributed by atoms with Crippen LogP contribution in [0.25, 0.3) is 4.96 Å². The third-order valence-corrected chi connectivity index (χ3v) is 5.93. The Morgan fingerprint density at radius 1 is 1.22 bits per heavy atom. The molecule has 4 rings (SSSR count). The Balaban J connectivity index is 1.33. The lowest BCUT2D eigenvalue weighted by Crippen LogP contribution is -2.41. The number of nitrogens with one attached hydrogen (secondary N) is 1. The van der Waals surface area contributed by atoms with Gasteiger partial charge < -0.3 is 10.2 Å². The molecule has 1 saturated heterocycles. The molecular formula is C16H23N5OS. The minimum atomic E-state index is -0.120. The van der Waals surface area contributed by atoms with Crippen molar-refractivity contribution in [2.24, 2.45) is 5.92 Å². The van der Waals surface area contributed by atoms with Crippen molar-refractivity contribution in [3.8, 4) is 0 Å². The first-order valence-electron chi connectivity index (χ1n) is 8.62. The summed E-state index contributed by atoms with van der Waals surface area (Å²) < 4.78 is 1.38. The van der Waals surface area contributed by atoms with Crippen LogP contribution in [0, 0.1) is 5.92 Å². The van der Waals surface area contributed by atoms with E-state index in [9.17, 15) is 4.79 Å². The predicted molar refractivity (Wildman–Crippen MR) is 92.2 cm³/mol. The highest BCUT2D eigenvalue weighted by Crippen LogP contribution is 2.27. The Morgan fingerprint density at radius 3 is 2.74 bits per heavy atom. The Hall–Kier alpha value is -1.47. The molecule has 0 aromatic carbocycles. The standard InChI is InChI=1S/C16H23N5OS/c22-14-5-8-17-16-21(14)19-15(23-16)18-13-6-9-20(10-7-13)11-12-3-1-2-4-12/h5,8,12-13H,1-4,6-7,9-11H2,(H,18,19). The van der Waals surface area contributed by atoms with E-state index in [4.69, 9.17) is 0 Å². The van der Waals surface area contributed by atoms with E-state index in [2.05, 4.69) is 20.3 Å². The summed E-state index contributed by atoms with van der Waals surface area (Å²) in [4.78, 5) is 19.2. The molecule has 7 heteroatoms. The van der Waals surface area contributed by atoms with Crippen LogP contribution in [-0.2, 0) is 0 Å². The summed E-state index contributed by atoms with van der Waals surface area (Å²) in [5.41, 5.74) is -0.120. The minimum Gasteiger partial charge on any atom is -0.357 e. The van der Waals surface area contributed by atoms with E-state index in [0.29, 0.717) is 11.0 Å². The number of anilines is 1. The fourth-order valence-corrected chi connectivity index (χ4v) is 4.65. The van der Waals surface area contributed by atoms with Crippen molar-refractivity contribution in [3.05, 3.63) is 22.6 Å². The van der Waals surface area contributed by atoms with Gasteiger partial charge in [0.25, 0.3) is 5.56 Å². The lowest BCUT2D eigenvalue weighted by molar-refractivity contribution is 0.189. The summed E-state index contributed by atoms with van der Waals surface area (Å²) in [5, 5.41) is 8.64. The van der Waals surface area contributed by atoms with Crippen LogP contribution in [0.5, 0.6) is 0 Å². The molecule has 124 valence electrons. The Morgan fingerprint density at radius 2 is 2.00 bits per heavy atom. The number of aromatic nitrogens is 3. The van der Waals surface area contributed by atoms with Crippen molar-refractivity contribution >= 4 is 21.4 Å². The van der Waals surface area contributed by atoms with E-state index in [1.54, 1.807) is 6.20 Å². The van der Waals surface area contributed by atoms with E-state index in [-0.39, 0.29) is 5.56 Å². The summed E-state index contributed by atoms with van der Waals surface area (Å²) in [7, 11) is 0. The second-order valence-corrected chi connectivity index (χ2v) is 7.71. The SMILES string of the molecule is O=c1ccnc2sc(NC3CCN(CC4CCCC4)CC3)nn12. The van der Waals surface area contributed by atoms with Crippen LogP contribution in [0.4, 0.5) is 5.13 Å². The van der Waals surface area contributed by atoms with Crippen molar-refractivity contribution in [3.63, 3.8) is 0 Å². The lowest BCUT2D eigenvalue weighted by Gasteiger charge is -2.33. The second kappa shape index (κ2) is 6.57. The van der Waals surface area contributed by atoms with Gasteiger partial charge in [-0.05, 0) is 31.6 Å². The Labute approximate surface area is 139 Å². The van der Waals surface area contributed by atoms with Crippen LogP contribution in [0.2, 0.25) is 0 Å². The molecule has 0 radical (unpaired) electrons. The number of hydrogen-bond acceptors (Lipinski definition) is 6. The van der Waals surface area contributed by atoms with E-state index < -0.39 is 0 Å².